The molecule has 3 aromatic rings. The number of hydrogen-bond donors (Lipinski definition) is 0. The van der Waals surface area contributed by atoms with Crippen molar-refractivity contribution in [2.45, 2.75) is 19.4 Å². The number of rotatable bonds is 2. The third kappa shape index (κ3) is 3.24. The molecule has 1 aromatic carbocycles. The van der Waals surface area contributed by atoms with Crippen molar-refractivity contribution in [1.82, 2.24) is 19.5 Å². The second-order valence-corrected chi connectivity index (χ2v) is 7.91. The maximum Gasteiger partial charge on any atom is 0.274 e. The normalized spacial score (nSPS) is 19.4. The minimum atomic E-state index is -0.0819. The smallest absolute Gasteiger partial charge is 0.274 e. The van der Waals surface area contributed by atoms with Crippen molar-refractivity contribution in [2.24, 2.45) is 0 Å². The summed E-state index contributed by atoms with van der Waals surface area (Å²) in [6.07, 6.45) is 4.05. The highest BCUT2D eigenvalue weighted by molar-refractivity contribution is 6.30. The second-order valence-electron chi connectivity index (χ2n) is 7.48. The fraction of sp³-hybridized carbons (Fsp3) is 0.381. The number of anilines is 1. The molecule has 29 heavy (non-hydrogen) atoms. The standard InChI is InChI=1S/C21H22ClN5O2/c1-14-20-15(3-2-4-18(20)25-7-9-29-10-8-25)5-6-26(14)21(28)17-11-19-23-12-16(22)13-27(19)24-17/h2-4,11-14H,5-10H2,1H3. The average Bonchev–Trinajstić information content (AvgIpc) is 3.17. The van der Waals surface area contributed by atoms with Crippen molar-refractivity contribution in [1.29, 1.82) is 0 Å². The Labute approximate surface area is 173 Å². The van der Waals surface area contributed by atoms with Gasteiger partial charge in [0, 0.05) is 43.1 Å². The van der Waals surface area contributed by atoms with Gasteiger partial charge in [-0.25, -0.2) is 9.50 Å². The minimum Gasteiger partial charge on any atom is -0.378 e. The van der Waals surface area contributed by atoms with Crippen LogP contribution < -0.4 is 4.90 Å². The van der Waals surface area contributed by atoms with Crippen molar-refractivity contribution in [3.63, 3.8) is 0 Å². The number of amides is 1. The Morgan fingerprint density at radius 1 is 1.24 bits per heavy atom. The van der Waals surface area contributed by atoms with Crippen LogP contribution >= 0.6 is 11.6 Å². The van der Waals surface area contributed by atoms with Crippen LogP contribution in [0.2, 0.25) is 5.02 Å². The number of aromatic nitrogens is 3. The van der Waals surface area contributed by atoms with Crippen LogP contribution in [-0.4, -0.2) is 58.3 Å². The molecule has 0 N–H and O–H groups in total. The van der Waals surface area contributed by atoms with Gasteiger partial charge in [-0.15, -0.1) is 0 Å². The maximum absolute atomic E-state index is 13.3. The molecule has 0 saturated carbocycles. The largest absolute Gasteiger partial charge is 0.378 e. The Kier molecular flexibility index (Phi) is 4.64. The lowest BCUT2D eigenvalue weighted by atomic mass is 9.91. The molecule has 1 amide bonds. The van der Waals surface area contributed by atoms with Gasteiger partial charge in [0.05, 0.1) is 30.5 Å². The summed E-state index contributed by atoms with van der Waals surface area (Å²) in [5, 5.41) is 4.88. The molecule has 1 atom stereocenters. The second kappa shape index (κ2) is 7.31. The molecule has 1 saturated heterocycles. The van der Waals surface area contributed by atoms with E-state index in [1.165, 1.54) is 16.8 Å². The van der Waals surface area contributed by atoms with Crippen molar-refractivity contribution in [2.75, 3.05) is 37.7 Å². The Morgan fingerprint density at radius 2 is 2.07 bits per heavy atom. The third-order valence-corrected chi connectivity index (χ3v) is 5.99. The van der Waals surface area contributed by atoms with Gasteiger partial charge in [0.1, 0.15) is 0 Å². The lowest BCUT2D eigenvalue weighted by Gasteiger charge is -2.39. The number of hydrogen-bond acceptors (Lipinski definition) is 5. The lowest BCUT2D eigenvalue weighted by molar-refractivity contribution is 0.0671. The highest BCUT2D eigenvalue weighted by atomic mass is 35.5. The van der Waals surface area contributed by atoms with Crippen molar-refractivity contribution >= 4 is 28.8 Å². The van der Waals surface area contributed by atoms with E-state index in [-0.39, 0.29) is 11.9 Å². The summed E-state index contributed by atoms with van der Waals surface area (Å²) in [5.41, 5.74) is 4.75. The van der Waals surface area contributed by atoms with E-state index >= 15 is 0 Å². The van der Waals surface area contributed by atoms with Crippen molar-refractivity contribution < 1.29 is 9.53 Å². The van der Waals surface area contributed by atoms with E-state index in [1.54, 1.807) is 23.0 Å². The zero-order valence-electron chi connectivity index (χ0n) is 16.2. The van der Waals surface area contributed by atoms with Crippen molar-refractivity contribution in [3.8, 4) is 0 Å². The van der Waals surface area contributed by atoms with Crippen LogP contribution in [0.25, 0.3) is 5.65 Å². The highest BCUT2D eigenvalue weighted by Gasteiger charge is 2.32. The molecule has 0 aliphatic carbocycles. The van der Waals surface area contributed by atoms with Crippen LogP contribution in [0.1, 0.15) is 34.6 Å². The van der Waals surface area contributed by atoms with E-state index in [4.69, 9.17) is 16.3 Å². The number of morpholine rings is 1. The molecule has 2 aromatic heterocycles. The number of carbonyl (C=O) groups excluding carboxylic acids is 1. The van der Waals surface area contributed by atoms with Gasteiger partial charge in [0.2, 0.25) is 0 Å². The quantitative estimate of drug-likeness (QED) is 0.648. The monoisotopic (exact) mass is 411 g/mol. The predicted octanol–water partition coefficient (Wildman–Crippen LogP) is 2.98. The molecule has 0 radical (unpaired) electrons. The molecular formula is C21H22ClN5O2. The molecule has 0 spiro atoms. The van der Waals surface area contributed by atoms with Gasteiger partial charge in [0.15, 0.2) is 11.3 Å². The molecule has 5 rings (SSSR count). The fourth-order valence-corrected chi connectivity index (χ4v) is 4.49. The zero-order valence-corrected chi connectivity index (χ0v) is 17.0. The topological polar surface area (TPSA) is 63.0 Å². The number of carbonyl (C=O) groups is 1. The molecule has 2 aliphatic rings. The van der Waals surface area contributed by atoms with Crippen LogP contribution in [0.4, 0.5) is 5.69 Å². The third-order valence-electron chi connectivity index (χ3n) is 5.79. The van der Waals surface area contributed by atoms with Gasteiger partial charge in [-0.3, -0.25) is 4.79 Å². The van der Waals surface area contributed by atoms with Crippen LogP contribution in [0, 0.1) is 0 Å². The molecule has 0 bridgehead atoms. The van der Waals surface area contributed by atoms with Gasteiger partial charge < -0.3 is 14.5 Å². The molecule has 150 valence electrons. The SMILES string of the molecule is CC1c2c(cccc2N2CCOCC2)CCN1C(=O)c1cc2ncc(Cl)cn2n1. The first-order valence-electron chi connectivity index (χ1n) is 9.88. The van der Waals surface area contributed by atoms with E-state index < -0.39 is 0 Å². The summed E-state index contributed by atoms with van der Waals surface area (Å²) in [6.45, 7) is 5.98. The molecular weight excluding hydrogens is 390 g/mol. The Balaban J connectivity index is 1.48. The van der Waals surface area contributed by atoms with Gasteiger partial charge >= 0.3 is 0 Å². The van der Waals surface area contributed by atoms with Gasteiger partial charge in [0.25, 0.3) is 5.91 Å². The van der Waals surface area contributed by atoms with Crippen LogP contribution in [-0.2, 0) is 11.2 Å². The van der Waals surface area contributed by atoms with Crippen LogP contribution in [0.3, 0.4) is 0 Å². The van der Waals surface area contributed by atoms with Gasteiger partial charge in [-0.1, -0.05) is 23.7 Å². The molecule has 1 unspecified atom stereocenters. The molecule has 8 heteroatoms. The average molecular weight is 412 g/mol. The van der Waals surface area contributed by atoms with Crippen molar-refractivity contribution in [3.05, 3.63) is 58.5 Å². The Morgan fingerprint density at radius 3 is 2.90 bits per heavy atom. The van der Waals surface area contributed by atoms with Gasteiger partial charge in [-0.05, 0) is 25.0 Å². The first-order valence-corrected chi connectivity index (χ1v) is 10.3. The predicted molar refractivity (Wildman–Crippen MR) is 111 cm³/mol. The van der Waals surface area contributed by atoms with Crippen LogP contribution in [0.5, 0.6) is 0 Å². The fourth-order valence-electron chi connectivity index (χ4n) is 4.35. The summed E-state index contributed by atoms with van der Waals surface area (Å²) >= 11 is 5.99. The zero-order chi connectivity index (χ0) is 20.0. The Bertz CT molecular complexity index is 1080. The number of benzene rings is 1. The number of ether oxygens (including phenoxy) is 1. The molecule has 2 aliphatic heterocycles. The Hall–Kier alpha value is -2.64. The summed E-state index contributed by atoms with van der Waals surface area (Å²) in [6, 6.07) is 8.13. The molecule has 7 nitrogen and oxygen atoms in total. The maximum atomic E-state index is 13.3. The number of fused-ring (bicyclic) bond motifs is 2. The summed E-state index contributed by atoms with van der Waals surface area (Å²) < 4.78 is 7.07. The first kappa shape index (κ1) is 18.4. The lowest BCUT2D eigenvalue weighted by Crippen LogP contribution is -2.42. The molecule has 4 heterocycles. The van der Waals surface area contributed by atoms with E-state index in [2.05, 4.69) is 40.1 Å². The van der Waals surface area contributed by atoms with E-state index in [0.717, 1.165) is 32.7 Å². The first-order chi connectivity index (χ1) is 14.1. The van der Waals surface area contributed by atoms with Gasteiger partial charge in [-0.2, -0.15) is 5.10 Å². The summed E-state index contributed by atoms with van der Waals surface area (Å²) in [4.78, 5) is 21.8. The number of nitrogens with zero attached hydrogens (tertiary/aromatic N) is 5. The van der Waals surface area contributed by atoms with Crippen LogP contribution in [0.15, 0.2) is 36.7 Å². The highest BCUT2D eigenvalue weighted by Crippen LogP contribution is 2.37. The summed E-state index contributed by atoms with van der Waals surface area (Å²) in [7, 11) is 0. The number of halogens is 1. The van der Waals surface area contributed by atoms with E-state index in [9.17, 15) is 4.79 Å². The summed E-state index contributed by atoms with van der Waals surface area (Å²) in [5.74, 6) is -0.0819. The van der Waals surface area contributed by atoms with E-state index in [0.29, 0.717) is 22.9 Å². The molecule has 1 fully saturated rings. The minimum absolute atomic E-state index is 0.0355. The van der Waals surface area contributed by atoms with E-state index in [1.807, 2.05) is 4.90 Å².